The first-order chi connectivity index (χ1) is 11.0. The predicted molar refractivity (Wildman–Crippen MR) is 83.3 cm³/mol. The van der Waals surface area contributed by atoms with E-state index in [1.807, 2.05) is 43.3 Å². The Kier molecular flexibility index (Phi) is 3.59. The van der Waals surface area contributed by atoms with Crippen molar-refractivity contribution in [1.82, 2.24) is 5.32 Å². The van der Waals surface area contributed by atoms with Gasteiger partial charge in [-0.1, -0.05) is 49.4 Å². The number of amides is 1. The molecule has 23 heavy (non-hydrogen) atoms. The van der Waals surface area contributed by atoms with Gasteiger partial charge in [-0.15, -0.1) is 0 Å². The van der Waals surface area contributed by atoms with Crippen LogP contribution in [0.1, 0.15) is 25.8 Å². The average Bonchev–Trinajstić information content (AvgIpc) is 2.80. The van der Waals surface area contributed by atoms with Gasteiger partial charge in [0.2, 0.25) is 5.78 Å². The molecule has 3 atom stereocenters. The third-order valence-electron chi connectivity index (χ3n) is 4.96. The summed E-state index contributed by atoms with van der Waals surface area (Å²) in [6.07, 6.45) is 3.88. The lowest BCUT2D eigenvalue weighted by atomic mass is 9.57. The molecule has 1 heterocycles. The van der Waals surface area contributed by atoms with Gasteiger partial charge < -0.3 is 10.1 Å². The minimum absolute atomic E-state index is 0.155. The topological polar surface area (TPSA) is 72.5 Å². The van der Waals surface area contributed by atoms with Crippen LogP contribution in [0.25, 0.3) is 0 Å². The molecular formula is C18H19NO4. The highest BCUT2D eigenvalue weighted by Gasteiger charge is 2.72. The van der Waals surface area contributed by atoms with Gasteiger partial charge in [-0.3, -0.25) is 14.4 Å². The number of esters is 1. The largest absolute Gasteiger partial charge is 0.465 e. The lowest BCUT2D eigenvalue weighted by Gasteiger charge is -2.47. The molecule has 1 saturated heterocycles. The Morgan fingerprint density at radius 2 is 2.00 bits per heavy atom. The molecular weight excluding hydrogens is 294 g/mol. The molecule has 5 nitrogen and oxygen atoms in total. The summed E-state index contributed by atoms with van der Waals surface area (Å²) in [5.41, 5.74) is -1.91. The van der Waals surface area contributed by atoms with Gasteiger partial charge in [0.25, 0.3) is 5.91 Å². The summed E-state index contributed by atoms with van der Waals surface area (Å²) in [5.74, 6) is -2.30. The van der Waals surface area contributed by atoms with Crippen LogP contribution in [0.4, 0.5) is 0 Å². The van der Waals surface area contributed by atoms with Gasteiger partial charge in [-0.25, -0.2) is 0 Å². The van der Waals surface area contributed by atoms with Crippen molar-refractivity contribution in [2.24, 2.45) is 11.3 Å². The second kappa shape index (κ2) is 5.33. The molecule has 2 aliphatic rings. The molecule has 1 aromatic rings. The van der Waals surface area contributed by atoms with Gasteiger partial charge in [0.15, 0.2) is 5.41 Å². The van der Waals surface area contributed by atoms with E-state index >= 15 is 0 Å². The van der Waals surface area contributed by atoms with Gasteiger partial charge in [0, 0.05) is 5.92 Å². The zero-order chi connectivity index (χ0) is 16.7. The summed E-state index contributed by atoms with van der Waals surface area (Å²) in [5, 5.41) is 2.82. The molecule has 0 spiro atoms. The molecule has 3 rings (SSSR count). The first kappa shape index (κ1) is 15.5. The molecule has 1 fully saturated rings. The molecule has 1 N–H and O–H groups in total. The Labute approximate surface area is 134 Å². The van der Waals surface area contributed by atoms with Crippen LogP contribution in [0.15, 0.2) is 42.5 Å². The van der Waals surface area contributed by atoms with Crippen molar-refractivity contribution in [3.05, 3.63) is 48.0 Å². The summed E-state index contributed by atoms with van der Waals surface area (Å²) < 4.78 is 5.21. The Bertz CT molecular complexity index is 696. The standard InChI is InChI=1S/C18H19NO4/c1-3-23-16(22)17-11-7-8-12(2)18(17,19-15(21)14(17)20)13-9-5-4-6-10-13/h4-10,12H,3,11H2,1-2H3,(H,19,21)/t12?,17-,18+/m1/s1. The van der Waals surface area contributed by atoms with Crippen molar-refractivity contribution < 1.29 is 19.1 Å². The van der Waals surface area contributed by atoms with Crippen molar-refractivity contribution in [3.8, 4) is 0 Å². The van der Waals surface area contributed by atoms with Crippen molar-refractivity contribution in [2.75, 3.05) is 6.61 Å². The quantitative estimate of drug-likeness (QED) is 0.399. The van der Waals surface area contributed by atoms with Gasteiger partial charge in [-0.05, 0) is 18.9 Å². The second-order valence-electron chi connectivity index (χ2n) is 6.00. The predicted octanol–water partition coefficient (Wildman–Crippen LogP) is 1.73. The van der Waals surface area contributed by atoms with E-state index in [9.17, 15) is 14.4 Å². The van der Waals surface area contributed by atoms with Crippen LogP contribution < -0.4 is 5.32 Å². The van der Waals surface area contributed by atoms with E-state index in [0.717, 1.165) is 5.56 Å². The van der Waals surface area contributed by atoms with Crippen LogP contribution in [0, 0.1) is 11.3 Å². The number of hydrogen-bond donors (Lipinski definition) is 1. The molecule has 5 heteroatoms. The number of carbonyl (C=O) groups is 3. The Balaban J connectivity index is 2.30. The highest BCUT2D eigenvalue weighted by atomic mass is 16.5. The number of ether oxygens (including phenoxy) is 1. The van der Waals surface area contributed by atoms with E-state index in [-0.39, 0.29) is 18.9 Å². The minimum atomic E-state index is -1.55. The number of ketones is 1. The summed E-state index contributed by atoms with van der Waals surface area (Å²) in [4.78, 5) is 37.8. The molecule has 0 bridgehead atoms. The van der Waals surface area contributed by atoms with E-state index in [1.54, 1.807) is 13.0 Å². The van der Waals surface area contributed by atoms with E-state index in [0.29, 0.717) is 0 Å². The second-order valence-corrected chi connectivity index (χ2v) is 6.00. The number of rotatable bonds is 3. The van der Waals surface area contributed by atoms with Gasteiger partial charge in [0.05, 0.1) is 12.1 Å². The van der Waals surface area contributed by atoms with E-state index < -0.39 is 28.6 Å². The van der Waals surface area contributed by atoms with Crippen LogP contribution in [0.5, 0.6) is 0 Å². The number of Topliss-reactive ketones (excluding diaryl/α,β-unsaturated/α-hetero) is 1. The van der Waals surface area contributed by atoms with Gasteiger partial charge >= 0.3 is 5.97 Å². The maximum absolute atomic E-state index is 12.8. The molecule has 1 amide bonds. The van der Waals surface area contributed by atoms with E-state index in [1.165, 1.54) is 0 Å². The molecule has 0 aromatic heterocycles. The SMILES string of the molecule is CCOC(=O)[C@]12CC=CC(C)[C@@]1(c1ccccc1)NC(=O)C2=O. The van der Waals surface area contributed by atoms with Crippen LogP contribution >= 0.6 is 0 Å². The lowest BCUT2D eigenvalue weighted by Crippen LogP contribution is -2.60. The molecule has 1 aliphatic carbocycles. The van der Waals surface area contributed by atoms with E-state index in [4.69, 9.17) is 4.74 Å². The maximum atomic E-state index is 12.8. The number of carbonyl (C=O) groups excluding carboxylic acids is 3. The normalized spacial score (nSPS) is 32.3. The molecule has 1 aromatic carbocycles. The summed E-state index contributed by atoms with van der Waals surface area (Å²) in [6.45, 7) is 3.75. The number of nitrogens with one attached hydrogen (secondary N) is 1. The summed E-state index contributed by atoms with van der Waals surface area (Å²) >= 11 is 0. The van der Waals surface area contributed by atoms with Crippen molar-refractivity contribution in [1.29, 1.82) is 0 Å². The van der Waals surface area contributed by atoms with Gasteiger partial charge in [0.1, 0.15) is 0 Å². The van der Waals surface area contributed by atoms with Crippen molar-refractivity contribution >= 4 is 17.7 Å². The molecule has 1 aliphatic heterocycles. The summed E-state index contributed by atoms with van der Waals surface area (Å²) in [6, 6.07) is 9.19. The number of fused-ring (bicyclic) bond motifs is 1. The minimum Gasteiger partial charge on any atom is -0.465 e. The number of allylic oxidation sites excluding steroid dienone is 1. The fourth-order valence-corrected chi connectivity index (χ4v) is 3.94. The first-order valence-electron chi connectivity index (χ1n) is 7.77. The van der Waals surface area contributed by atoms with Crippen LogP contribution in [0.2, 0.25) is 0 Å². The Hall–Kier alpha value is -2.43. The Morgan fingerprint density at radius 3 is 2.65 bits per heavy atom. The highest BCUT2D eigenvalue weighted by Crippen LogP contribution is 2.55. The summed E-state index contributed by atoms with van der Waals surface area (Å²) in [7, 11) is 0. The fourth-order valence-electron chi connectivity index (χ4n) is 3.94. The maximum Gasteiger partial charge on any atom is 0.323 e. The monoisotopic (exact) mass is 313 g/mol. The number of benzene rings is 1. The molecule has 0 radical (unpaired) electrons. The van der Waals surface area contributed by atoms with Crippen LogP contribution in [0.3, 0.4) is 0 Å². The third kappa shape index (κ3) is 1.82. The van der Waals surface area contributed by atoms with Crippen LogP contribution in [-0.2, 0) is 24.7 Å². The highest BCUT2D eigenvalue weighted by molar-refractivity contribution is 6.45. The van der Waals surface area contributed by atoms with Crippen molar-refractivity contribution in [3.63, 3.8) is 0 Å². The van der Waals surface area contributed by atoms with Gasteiger partial charge in [-0.2, -0.15) is 0 Å². The fraction of sp³-hybridized carbons (Fsp3) is 0.389. The molecule has 0 saturated carbocycles. The average molecular weight is 313 g/mol. The zero-order valence-electron chi connectivity index (χ0n) is 13.2. The molecule has 120 valence electrons. The molecule has 1 unspecified atom stereocenters. The zero-order valence-corrected chi connectivity index (χ0v) is 13.2. The Morgan fingerprint density at radius 1 is 1.30 bits per heavy atom. The lowest BCUT2D eigenvalue weighted by molar-refractivity contribution is -0.165. The van der Waals surface area contributed by atoms with Crippen molar-refractivity contribution in [2.45, 2.75) is 25.8 Å². The van der Waals surface area contributed by atoms with Crippen LogP contribution in [-0.4, -0.2) is 24.3 Å². The number of hydrogen-bond acceptors (Lipinski definition) is 4. The smallest absolute Gasteiger partial charge is 0.323 e. The third-order valence-corrected chi connectivity index (χ3v) is 4.96. The first-order valence-corrected chi connectivity index (χ1v) is 7.77. The van der Waals surface area contributed by atoms with E-state index in [2.05, 4.69) is 5.32 Å².